The molecule has 0 spiro atoms. The van der Waals surface area contributed by atoms with Gasteiger partial charge in [-0.15, -0.1) is 0 Å². The normalized spacial score (nSPS) is 16.4. The Hall–Kier alpha value is -2.94. The second kappa shape index (κ2) is 7.31. The molecule has 3 nitrogen and oxygen atoms in total. The van der Waals surface area contributed by atoms with Crippen molar-refractivity contribution in [2.24, 2.45) is 4.99 Å². The van der Waals surface area contributed by atoms with Gasteiger partial charge in [0.15, 0.2) is 11.5 Å². The first kappa shape index (κ1) is 16.9. The van der Waals surface area contributed by atoms with Crippen molar-refractivity contribution in [3.8, 4) is 0 Å². The quantitative estimate of drug-likeness (QED) is 0.729. The summed E-state index contributed by atoms with van der Waals surface area (Å²) in [7, 11) is 0. The fourth-order valence-corrected chi connectivity index (χ4v) is 2.71. The van der Waals surface area contributed by atoms with Gasteiger partial charge in [-0.2, -0.15) is 0 Å². The number of carbonyl (C=O) groups excluding carboxylic acids is 1. The highest BCUT2D eigenvalue weighted by Gasteiger charge is 2.28. The van der Waals surface area contributed by atoms with Crippen molar-refractivity contribution in [2.75, 3.05) is 0 Å². The Balaban J connectivity index is 2.20. The summed E-state index contributed by atoms with van der Waals surface area (Å²) in [6.07, 6.45) is 1.74. The third kappa shape index (κ3) is 3.77. The predicted octanol–water partition coefficient (Wildman–Crippen LogP) is 5.12. The van der Waals surface area contributed by atoms with Crippen LogP contribution in [0.1, 0.15) is 26.3 Å². The lowest BCUT2D eigenvalue weighted by molar-refractivity contribution is -0.110. The highest BCUT2D eigenvalue weighted by Crippen LogP contribution is 2.31. The Labute approximate surface area is 148 Å². The van der Waals surface area contributed by atoms with Gasteiger partial charge in [-0.1, -0.05) is 48.5 Å². The first-order valence-electron chi connectivity index (χ1n) is 8.39. The second-order valence-corrected chi connectivity index (χ2v) is 6.23. The summed E-state index contributed by atoms with van der Waals surface area (Å²) in [6.45, 7) is 5.72. The van der Waals surface area contributed by atoms with E-state index in [-0.39, 0.29) is 11.9 Å². The molecular weight excluding hydrogens is 310 g/mol. The lowest BCUT2D eigenvalue weighted by Gasteiger charge is -2.22. The van der Waals surface area contributed by atoms with Gasteiger partial charge < -0.3 is 4.74 Å². The molecule has 0 saturated heterocycles. The van der Waals surface area contributed by atoms with Gasteiger partial charge in [-0.25, -0.2) is 4.99 Å². The van der Waals surface area contributed by atoms with Gasteiger partial charge in [-0.05, 0) is 50.1 Å². The van der Waals surface area contributed by atoms with Crippen LogP contribution in [0.5, 0.6) is 0 Å². The number of hydrogen-bond acceptors (Lipinski definition) is 3. The van der Waals surface area contributed by atoms with Crippen LogP contribution < -0.4 is 0 Å². The van der Waals surface area contributed by atoms with Crippen molar-refractivity contribution >= 4 is 22.8 Å². The molecule has 0 amide bonds. The number of allylic oxidation sites excluding steroid dienone is 3. The Morgan fingerprint density at radius 2 is 1.52 bits per heavy atom. The molecule has 0 aliphatic heterocycles. The number of nitrogens with zero attached hydrogens (tertiary/aromatic N) is 1. The molecule has 2 aromatic carbocycles. The van der Waals surface area contributed by atoms with E-state index >= 15 is 0 Å². The predicted molar refractivity (Wildman–Crippen MR) is 102 cm³/mol. The van der Waals surface area contributed by atoms with E-state index in [0.717, 1.165) is 11.3 Å². The number of aliphatic imine (C=N–C) groups is 1. The molecule has 2 aromatic rings. The number of para-hydroxylation sites is 1. The topological polar surface area (TPSA) is 38.7 Å². The first-order chi connectivity index (χ1) is 12.1. The third-order valence-electron chi connectivity index (χ3n) is 3.82. The molecular formula is C22H21NO2. The van der Waals surface area contributed by atoms with E-state index in [0.29, 0.717) is 22.6 Å². The molecule has 0 fully saturated rings. The van der Waals surface area contributed by atoms with E-state index in [4.69, 9.17) is 9.73 Å². The maximum absolute atomic E-state index is 12.9. The molecule has 0 radical (unpaired) electrons. The van der Waals surface area contributed by atoms with E-state index in [1.165, 1.54) is 0 Å². The highest BCUT2D eigenvalue weighted by atomic mass is 16.5. The van der Waals surface area contributed by atoms with Crippen molar-refractivity contribution in [3.05, 3.63) is 83.6 Å². The summed E-state index contributed by atoms with van der Waals surface area (Å²) in [5, 5.41) is 0. The van der Waals surface area contributed by atoms with Crippen molar-refractivity contribution in [3.63, 3.8) is 0 Å². The van der Waals surface area contributed by atoms with Crippen LogP contribution in [0.2, 0.25) is 0 Å². The number of Topliss-reactive ketones (excluding diaryl/α,β-unsaturated/α-hetero) is 1. The summed E-state index contributed by atoms with van der Waals surface area (Å²) in [5.74, 6) is 0.523. The lowest BCUT2D eigenvalue weighted by atomic mass is 9.89. The molecule has 3 heteroatoms. The van der Waals surface area contributed by atoms with Crippen LogP contribution in [0.3, 0.4) is 0 Å². The van der Waals surface area contributed by atoms with Crippen molar-refractivity contribution in [1.29, 1.82) is 0 Å². The average molecular weight is 331 g/mol. The Bertz CT molecular complexity index is 859. The smallest absolute Gasteiger partial charge is 0.193 e. The first-order valence-corrected chi connectivity index (χ1v) is 8.39. The molecule has 0 unspecified atom stereocenters. The van der Waals surface area contributed by atoms with Crippen molar-refractivity contribution < 1.29 is 9.53 Å². The summed E-state index contributed by atoms with van der Waals surface area (Å²) in [4.78, 5) is 17.6. The molecule has 1 aliphatic rings. The zero-order chi connectivity index (χ0) is 17.8. The third-order valence-corrected chi connectivity index (χ3v) is 3.82. The molecule has 0 aromatic heterocycles. The Kier molecular flexibility index (Phi) is 4.94. The summed E-state index contributed by atoms with van der Waals surface area (Å²) in [5.41, 5.74) is 3.58. The van der Waals surface area contributed by atoms with Crippen LogP contribution in [0, 0.1) is 0 Å². The number of ketones is 1. The van der Waals surface area contributed by atoms with E-state index < -0.39 is 0 Å². The van der Waals surface area contributed by atoms with Gasteiger partial charge in [0.25, 0.3) is 0 Å². The van der Waals surface area contributed by atoms with Gasteiger partial charge in [0.2, 0.25) is 0 Å². The van der Waals surface area contributed by atoms with E-state index in [1.54, 1.807) is 6.08 Å². The van der Waals surface area contributed by atoms with Gasteiger partial charge >= 0.3 is 0 Å². The minimum Gasteiger partial charge on any atom is -0.488 e. The summed E-state index contributed by atoms with van der Waals surface area (Å²) in [6, 6.07) is 19.3. The fourth-order valence-electron chi connectivity index (χ4n) is 2.71. The molecule has 0 saturated carbocycles. The van der Waals surface area contributed by atoms with E-state index in [1.807, 2.05) is 81.4 Å². The molecule has 3 rings (SSSR count). The van der Waals surface area contributed by atoms with E-state index in [2.05, 4.69) is 0 Å². The molecule has 126 valence electrons. The molecule has 0 atom stereocenters. The molecule has 1 aliphatic carbocycles. The van der Waals surface area contributed by atoms with Crippen LogP contribution in [-0.2, 0) is 9.53 Å². The summed E-state index contributed by atoms with van der Waals surface area (Å²) < 4.78 is 6.05. The maximum Gasteiger partial charge on any atom is 0.193 e. The minimum atomic E-state index is -0.0608. The molecule has 0 heterocycles. The lowest BCUT2D eigenvalue weighted by Crippen LogP contribution is -2.21. The van der Waals surface area contributed by atoms with Crippen molar-refractivity contribution in [1.82, 2.24) is 0 Å². The highest BCUT2D eigenvalue weighted by molar-refractivity contribution is 6.38. The Morgan fingerprint density at radius 3 is 2.12 bits per heavy atom. The van der Waals surface area contributed by atoms with Crippen LogP contribution in [0.4, 0.5) is 5.69 Å². The van der Waals surface area contributed by atoms with Crippen molar-refractivity contribution in [2.45, 2.75) is 26.9 Å². The number of carbonyl (C=O) groups is 1. The van der Waals surface area contributed by atoms with Crippen LogP contribution in [0.15, 0.2) is 83.1 Å². The Morgan fingerprint density at radius 1 is 0.920 bits per heavy atom. The number of ether oxygens (including phenoxy) is 1. The maximum atomic E-state index is 12.9. The number of hydrogen-bond donors (Lipinski definition) is 0. The average Bonchev–Trinajstić information content (AvgIpc) is 2.61. The fraction of sp³-hybridized carbons (Fsp3) is 0.182. The minimum absolute atomic E-state index is 0.0196. The second-order valence-electron chi connectivity index (χ2n) is 6.23. The molecule has 0 N–H and O–H groups in total. The monoisotopic (exact) mass is 331 g/mol. The molecule has 25 heavy (non-hydrogen) atoms. The van der Waals surface area contributed by atoms with Gasteiger partial charge in [0.05, 0.1) is 17.4 Å². The molecule has 0 bridgehead atoms. The van der Waals surface area contributed by atoms with Gasteiger partial charge in [0, 0.05) is 0 Å². The zero-order valence-corrected chi connectivity index (χ0v) is 14.7. The van der Waals surface area contributed by atoms with Crippen LogP contribution in [-0.4, -0.2) is 17.6 Å². The standard InChI is InChI=1S/C22H21NO2/c1-15(2)25-22-19(23-18-12-8-5-9-13-18)14-16(3)21(24)20(22)17-10-6-4-7-11-17/h4-15H,1-3H3. The van der Waals surface area contributed by atoms with Gasteiger partial charge in [0.1, 0.15) is 5.71 Å². The van der Waals surface area contributed by atoms with Gasteiger partial charge in [-0.3, -0.25) is 4.79 Å². The number of rotatable bonds is 4. The summed E-state index contributed by atoms with van der Waals surface area (Å²) >= 11 is 0. The number of benzene rings is 2. The van der Waals surface area contributed by atoms with E-state index in [9.17, 15) is 4.79 Å². The largest absolute Gasteiger partial charge is 0.488 e. The SMILES string of the molecule is CC1=CC(=Nc2ccccc2)C(OC(C)C)=C(c2ccccc2)C1=O. The van der Waals surface area contributed by atoms with Crippen LogP contribution in [0.25, 0.3) is 5.57 Å². The van der Waals surface area contributed by atoms with Crippen LogP contribution >= 0.6 is 0 Å². The zero-order valence-electron chi connectivity index (χ0n) is 14.7.